The van der Waals surface area contributed by atoms with Gasteiger partial charge in [0.15, 0.2) is 0 Å². The molecule has 6 heteroatoms. The molecule has 0 radical (unpaired) electrons. The van der Waals surface area contributed by atoms with Crippen molar-refractivity contribution in [1.82, 2.24) is 0 Å². The summed E-state index contributed by atoms with van der Waals surface area (Å²) in [6.07, 6.45) is -4.38. The van der Waals surface area contributed by atoms with Gasteiger partial charge in [0.05, 0.1) is 15.6 Å². The Labute approximate surface area is 96.2 Å². The van der Waals surface area contributed by atoms with Crippen LogP contribution >= 0.6 is 45.8 Å². The van der Waals surface area contributed by atoms with E-state index in [0.29, 0.717) is 3.57 Å². The van der Waals surface area contributed by atoms with Crippen LogP contribution in [0.4, 0.5) is 13.2 Å². The zero-order valence-electron chi connectivity index (χ0n) is 5.92. The smallest absolute Gasteiger partial charge is 0.166 e. The van der Waals surface area contributed by atoms with Crippen molar-refractivity contribution in [3.8, 4) is 0 Å². The molecule has 0 saturated carbocycles. The molecule has 1 aromatic rings. The van der Waals surface area contributed by atoms with Crippen molar-refractivity contribution >= 4 is 45.8 Å². The lowest BCUT2D eigenvalue weighted by molar-refractivity contribution is -0.137. The normalized spacial score (nSPS) is 11.8. The summed E-state index contributed by atoms with van der Waals surface area (Å²) in [5.41, 5.74) is -0.786. The van der Waals surface area contributed by atoms with Crippen molar-refractivity contribution in [3.63, 3.8) is 0 Å². The van der Waals surface area contributed by atoms with E-state index in [9.17, 15) is 13.2 Å². The average Bonchev–Trinajstić information content (AvgIpc) is 1.97. The zero-order valence-corrected chi connectivity index (χ0v) is 9.59. The molecule has 1 rings (SSSR count). The molecular weight excluding hydrogens is 339 g/mol. The van der Waals surface area contributed by atoms with Gasteiger partial charge in [-0.05, 0) is 34.7 Å². The van der Waals surface area contributed by atoms with Gasteiger partial charge in [0.1, 0.15) is 0 Å². The molecule has 0 amide bonds. The Morgan fingerprint density at radius 3 is 2.08 bits per heavy atom. The highest BCUT2D eigenvalue weighted by molar-refractivity contribution is 14.1. The van der Waals surface area contributed by atoms with Crippen LogP contribution in [0.25, 0.3) is 0 Å². The van der Waals surface area contributed by atoms with E-state index in [0.717, 1.165) is 12.1 Å². The quantitative estimate of drug-likeness (QED) is 0.477. The Morgan fingerprint density at radius 1 is 1.15 bits per heavy atom. The summed E-state index contributed by atoms with van der Waals surface area (Å²) in [4.78, 5) is 0. The van der Waals surface area contributed by atoms with Crippen LogP contribution in [-0.2, 0) is 6.18 Å². The fourth-order valence-corrected chi connectivity index (χ4v) is 1.83. The van der Waals surface area contributed by atoms with Crippen LogP contribution in [0.2, 0.25) is 10.0 Å². The molecule has 0 aliphatic heterocycles. The number of rotatable bonds is 0. The Morgan fingerprint density at radius 2 is 1.69 bits per heavy atom. The fourth-order valence-electron chi connectivity index (χ4n) is 0.719. The maximum absolute atomic E-state index is 12.2. The molecule has 0 atom stereocenters. The molecule has 0 aromatic heterocycles. The summed E-state index contributed by atoms with van der Waals surface area (Å²) < 4.78 is 36.8. The Kier molecular flexibility index (Phi) is 3.35. The lowest BCUT2D eigenvalue weighted by Crippen LogP contribution is -2.05. The van der Waals surface area contributed by atoms with Crippen molar-refractivity contribution in [2.45, 2.75) is 6.18 Å². The van der Waals surface area contributed by atoms with E-state index in [2.05, 4.69) is 0 Å². The third-order valence-corrected chi connectivity index (χ3v) is 3.28. The van der Waals surface area contributed by atoms with Crippen LogP contribution in [0.3, 0.4) is 0 Å². The maximum atomic E-state index is 12.2. The summed E-state index contributed by atoms with van der Waals surface area (Å²) >= 11 is 12.8. The van der Waals surface area contributed by atoms with Gasteiger partial charge in [-0.2, -0.15) is 13.2 Å². The van der Waals surface area contributed by atoms with Gasteiger partial charge >= 0.3 is 6.18 Å². The summed E-state index contributed by atoms with van der Waals surface area (Å²) in [5, 5.41) is 0.0659. The number of alkyl halides is 3. The SMILES string of the molecule is FC(F)(F)c1cc(Cl)c(Cl)c(I)c1. The molecule has 13 heavy (non-hydrogen) atoms. The highest BCUT2D eigenvalue weighted by Gasteiger charge is 2.31. The predicted molar refractivity (Wildman–Crippen MR) is 54.2 cm³/mol. The van der Waals surface area contributed by atoms with Crippen LogP contribution in [0, 0.1) is 3.57 Å². The second-order valence-electron chi connectivity index (χ2n) is 2.25. The largest absolute Gasteiger partial charge is 0.416 e. The van der Waals surface area contributed by atoms with Crippen molar-refractivity contribution in [2.24, 2.45) is 0 Å². The molecule has 0 nitrogen and oxygen atoms in total. The van der Waals surface area contributed by atoms with E-state index in [1.165, 1.54) is 0 Å². The van der Waals surface area contributed by atoms with Gasteiger partial charge < -0.3 is 0 Å². The van der Waals surface area contributed by atoms with Crippen LogP contribution in [0.5, 0.6) is 0 Å². The van der Waals surface area contributed by atoms with E-state index < -0.39 is 11.7 Å². The summed E-state index contributed by atoms with van der Waals surface area (Å²) in [7, 11) is 0. The Bertz CT molecular complexity index is 312. The standard InChI is InChI=1S/C7H2Cl2F3I/c8-4-1-3(7(10,11)12)2-5(13)6(4)9/h1-2H. The van der Waals surface area contributed by atoms with Gasteiger partial charge in [-0.3, -0.25) is 0 Å². The zero-order chi connectivity index (χ0) is 10.2. The first-order chi connectivity index (χ1) is 5.82. The molecule has 0 bridgehead atoms. The van der Waals surface area contributed by atoms with Crippen LogP contribution in [-0.4, -0.2) is 0 Å². The molecule has 0 aliphatic rings. The maximum Gasteiger partial charge on any atom is 0.416 e. The number of halogens is 6. The number of hydrogen-bond donors (Lipinski definition) is 0. The van der Waals surface area contributed by atoms with Gasteiger partial charge in [0, 0.05) is 3.57 Å². The molecule has 0 fully saturated rings. The highest BCUT2D eigenvalue weighted by Crippen LogP contribution is 2.36. The first-order valence-corrected chi connectivity index (χ1v) is 4.87. The first kappa shape index (κ1) is 11.4. The minimum atomic E-state index is -4.38. The fraction of sp³-hybridized carbons (Fsp3) is 0.143. The third-order valence-electron chi connectivity index (χ3n) is 1.31. The Balaban J connectivity index is 3.29. The molecule has 0 heterocycles. The van der Waals surface area contributed by atoms with Crippen molar-refractivity contribution in [2.75, 3.05) is 0 Å². The molecule has 0 N–H and O–H groups in total. The van der Waals surface area contributed by atoms with Gasteiger partial charge in [0.25, 0.3) is 0 Å². The second-order valence-corrected chi connectivity index (χ2v) is 4.20. The van der Waals surface area contributed by atoms with Crippen molar-refractivity contribution in [3.05, 3.63) is 31.3 Å². The summed E-state index contributed by atoms with van der Waals surface area (Å²) in [6, 6.07) is 1.76. The minimum Gasteiger partial charge on any atom is -0.166 e. The lowest BCUT2D eigenvalue weighted by atomic mass is 10.2. The molecule has 0 aliphatic carbocycles. The van der Waals surface area contributed by atoms with Crippen LogP contribution in [0.1, 0.15) is 5.56 Å². The average molecular weight is 341 g/mol. The third kappa shape index (κ3) is 2.63. The molecular formula is C7H2Cl2F3I. The van der Waals surface area contributed by atoms with E-state index in [4.69, 9.17) is 23.2 Å². The van der Waals surface area contributed by atoms with Crippen molar-refractivity contribution in [1.29, 1.82) is 0 Å². The number of benzene rings is 1. The van der Waals surface area contributed by atoms with E-state index in [1.54, 1.807) is 22.6 Å². The first-order valence-electron chi connectivity index (χ1n) is 3.04. The minimum absolute atomic E-state index is 0.0825. The summed E-state index contributed by atoms with van der Waals surface area (Å²) in [5.74, 6) is 0. The molecule has 1 aromatic carbocycles. The van der Waals surface area contributed by atoms with Crippen molar-refractivity contribution < 1.29 is 13.2 Å². The monoisotopic (exact) mass is 340 g/mol. The molecule has 0 unspecified atom stereocenters. The Hall–Kier alpha value is 0.320. The van der Waals surface area contributed by atoms with E-state index in [1.807, 2.05) is 0 Å². The van der Waals surface area contributed by atoms with Gasteiger partial charge in [0.2, 0.25) is 0 Å². The predicted octanol–water partition coefficient (Wildman–Crippen LogP) is 4.62. The molecule has 0 saturated heterocycles. The van der Waals surface area contributed by atoms with Gasteiger partial charge in [-0.25, -0.2) is 0 Å². The number of hydrogen-bond acceptors (Lipinski definition) is 0. The molecule has 0 spiro atoms. The summed E-state index contributed by atoms with van der Waals surface area (Å²) in [6.45, 7) is 0. The van der Waals surface area contributed by atoms with E-state index in [-0.39, 0.29) is 10.0 Å². The second kappa shape index (κ2) is 3.82. The topological polar surface area (TPSA) is 0 Å². The van der Waals surface area contributed by atoms with E-state index >= 15 is 0 Å². The van der Waals surface area contributed by atoms with Gasteiger partial charge in [-0.15, -0.1) is 0 Å². The molecule has 72 valence electrons. The van der Waals surface area contributed by atoms with Gasteiger partial charge in [-0.1, -0.05) is 23.2 Å². The lowest BCUT2D eigenvalue weighted by Gasteiger charge is -2.08. The van der Waals surface area contributed by atoms with Crippen LogP contribution in [0.15, 0.2) is 12.1 Å². The highest BCUT2D eigenvalue weighted by atomic mass is 127. The van der Waals surface area contributed by atoms with Crippen LogP contribution < -0.4 is 0 Å².